The van der Waals surface area contributed by atoms with Crippen molar-refractivity contribution in [2.45, 2.75) is 45.1 Å². The van der Waals surface area contributed by atoms with Gasteiger partial charge in [-0.05, 0) is 49.3 Å². The Morgan fingerprint density at radius 1 is 1.31 bits per heavy atom. The lowest BCUT2D eigenvalue weighted by atomic mass is 10.1. The molecule has 1 aromatic carbocycles. The summed E-state index contributed by atoms with van der Waals surface area (Å²) in [5, 5.41) is 2.24. The minimum atomic E-state index is -3.58. The molecule has 32 heavy (non-hydrogen) atoms. The number of nitrogens with one attached hydrogen (secondary N) is 2. The molecule has 3 amide bonds. The Labute approximate surface area is 188 Å². The van der Waals surface area contributed by atoms with Gasteiger partial charge in [0.05, 0.1) is 12.4 Å². The third kappa shape index (κ3) is 7.30. The van der Waals surface area contributed by atoms with Crippen LogP contribution in [0.4, 0.5) is 9.18 Å². The molecule has 1 atom stereocenters. The minimum absolute atomic E-state index is 0.114. The molecule has 2 N–H and O–H groups in total. The SMILES string of the molecule is CC[C@@H](NS(=O)(=O)CC/C=C/CN1CCC(=O)NC1=O)c1ccc(F)c(OCC2CC2)c1. The van der Waals surface area contributed by atoms with Crippen molar-refractivity contribution in [2.24, 2.45) is 5.92 Å². The molecule has 1 saturated heterocycles. The van der Waals surface area contributed by atoms with Crippen molar-refractivity contribution in [1.29, 1.82) is 0 Å². The Kier molecular flexibility index (Phi) is 8.25. The number of sulfonamides is 1. The number of imide groups is 1. The molecular formula is C22H30FN3O5S. The molecule has 10 heteroatoms. The molecule has 176 valence electrons. The van der Waals surface area contributed by atoms with Gasteiger partial charge in [0.25, 0.3) is 0 Å². The Balaban J connectivity index is 1.50. The minimum Gasteiger partial charge on any atom is -0.490 e. The van der Waals surface area contributed by atoms with Gasteiger partial charge >= 0.3 is 6.03 Å². The van der Waals surface area contributed by atoms with Gasteiger partial charge in [-0.1, -0.05) is 25.1 Å². The lowest BCUT2D eigenvalue weighted by molar-refractivity contribution is -0.121. The van der Waals surface area contributed by atoms with Crippen LogP contribution in [0.25, 0.3) is 0 Å². The van der Waals surface area contributed by atoms with Crippen molar-refractivity contribution >= 4 is 22.0 Å². The molecule has 3 rings (SSSR count). The van der Waals surface area contributed by atoms with Gasteiger partial charge in [-0.3, -0.25) is 10.1 Å². The number of hydrogen-bond acceptors (Lipinski definition) is 5. The average molecular weight is 468 g/mol. The standard InChI is InChI=1S/C22H30FN3O5S/c1-2-19(17-8-9-18(23)20(14-17)31-15-16-6-7-16)25-32(29,30)13-5-3-4-11-26-12-10-21(27)24-22(26)28/h3-4,8-9,14,16,19,25H,2,5-7,10-13,15H2,1H3,(H,24,27,28)/b4-3+/t19-/m1/s1. The first-order valence-electron chi connectivity index (χ1n) is 10.9. The monoisotopic (exact) mass is 467 g/mol. The van der Waals surface area contributed by atoms with Crippen LogP contribution in [0.1, 0.15) is 50.6 Å². The van der Waals surface area contributed by atoms with E-state index in [1.165, 1.54) is 11.0 Å². The highest BCUT2D eigenvalue weighted by molar-refractivity contribution is 7.89. The van der Waals surface area contributed by atoms with Gasteiger partial charge in [0.2, 0.25) is 15.9 Å². The van der Waals surface area contributed by atoms with Crippen LogP contribution in [0.2, 0.25) is 0 Å². The van der Waals surface area contributed by atoms with Gasteiger partial charge in [-0.15, -0.1) is 0 Å². The summed E-state index contributed by atoms with van der Waals surface area (Å²) in [6.45, 7) is 2.99. The summed E-state index contributed by atoms with van der Waals surface area (Å²) in [7, 11) is -3.58. The van der Waals surface area contributed by atoms with Crippen LogP contribution >= 0.6 is 0 Å². The maximum atomic E-state index is 14.0. The average Bonchev–Trinajstić information content (AvgIpc) is 3.57. The second kappa shape index (κ2) is 10.9. The van der Waals surface area contributed by atoms with Crippen molar-refractivity contribution in [3.63, 3.8) is 0 Å². The number of ether oxygens (including phenoxy) is 1. The van der Waals surface area contributed by atoms with Crippen LogP contribution in [0, 0.1) is 11.7 Å². The predicted octanol–water partition coefficient (Wildman–Crippen LogP) is 2.87. The second-order valence-electron chi connectivity index (χ2n) is 8.15. The topological polar surface area (TPSA) is 105 Å². The largest absolute Gasteiger partial charge is 0.490 e. The quantitative estimate of drug-likeness (QED) is 0.460. The summed E-state index contributed by atoms with van der Waals surface area (Å²) >= 11 is 0. The summed E-state index contributed by atoms with van der Waals surface area (Å²) in [4.78, 5) is 24.3. The van der Waals surface area contributed by atoms with E-state index in [2.05, 4.69) is 10.0 Å². The highest BCUT2D eigenvalue weighted by Gasteiger charge is 2.24. The number of allylic oxidation sites excluding steroid dienone is 1. The third-order valence-electron chi connectivity index (χ3n) is 5.45. The van der Waals surface area contributed by atoms with Crippen molar-refractivity contribution < 1.29 is 27.1 Å². The first kappa shape index (κ1) is 24.2. The number of benzene rings is 1. The van der Waals surface area contributed by atoms with Crippen molar-refractivity contribution in [3.8, 4) is 5.75 Å². The molecule has 1 aliphatic carbocycles. The van der Waals surface area contributed by atoms with Gasteiger partial charge in [-0.25, -0.2) is 22.3 Å². The van der Waals surface area contributed by atoms with Gasteiger partial charge in [0, 0.05) is 25.6 Å². The van der Waals surface area contributed by atoms with E-state index < -0.39 is 27.9 Å². The lowest BCUT2D eigenvalue weighted by Crippen LogP contribution is -2.49. The van der Waals surface area contributed by atoms with Crippen LogP contribution < -0.4 is 14.8 Å². The normalized spacial score (nSPS) is 18.1. The fraction of sp³-hybridized carbons (Fsp3) is 0.545. The van der Waals surface area contributed by atoms with E-state index in [0.717, 1.165) is 12.8 Å². The molecule has 0 bridgehead atoms. The van der Waals surface area contributed by atoms with E-state index >= 15 is 0 Å². The fourth-order valence-electron chi connectivity index (χ4n) is 3.32. The predicted molar refractivity (Wildman–Crippen MR) is 118 cm³/mol. The zero-order chi connectivity index (χ0) is 23.1. The third-order valence-corrected chi connectivity index (χ3v) is 6.86. The number of carbonyl (C=O) groups excluding carboxylic acids is 2. The number of rotatable bonds is 12. The van der Waals surface area contributed by atoms with Gasteiger partial charge in [-0.2, -0.15) is 0 Å². The molecule has 2 aliphatic rings. The zero-order valence-electron chi connectivity index (χ0n) is 18.2. The van der Waals surface area contributed by atoms with Crippen LogP contribution in [-0.4, -0.2) is 50.7 Å². The highest BCUT2D eigenvalue weighted by atomic mass is 32.2. The molecule has 0 spiro atoms. The van der Waals surface area contributed by atoms with Crippen molar-refractivity contribution in [3.05, 3.63) is 41.7 Å². The van der Waals surface area contributed by atoms with Crippen LogP contribution in [-0.2, 0) is 14.8 Å². The summed E-state index contributed by atoms with van der Waals surface area (Å²) in [5.74, 6) is -0.224. The summed E-state index contributed by atoms with van der Waals surface area (Å²) in [5.41, 5.74) is 0.657. The fourth-order valence-corrected chi connectivity index (χ4v) is 4.62. The van der Waals surface area contributed by atoms with E-state index in [0.29, 0.717) is 37.6 Å². The second-order valence-corrected chi connectivity index (χ2v) is 10.0. The number of urea groups is 1. The number of nitrogens with zero attached hydrogens (tertiary/aromatic N) is 1. The number of carbonyl (C=O) groups is 2. The van der Waals surface area contributed by atoms with E-state index in [1.54, 1.807) is 24.3 Å². The van der Waals surface area contributed by atoms with Crippen molar-refractivity contribution in [1.82, 2.24) is 14.9 Å². The molecule has 1 aromatic rings. The molecule has 1 saturated carbocycles. The Hall–Kier alpha value is -2.46. The first-order valence-corrected chi connectivity index (χ1v) is 12.6. The number of amides is 3. The van der Waals surface area contributed by atoms with E-state index in [9.17, 15) is 22.4 Å². The zero-order valence-corrected chi connectivity index (χ0v) is 19.0. The number of halogens is 1. The lowest BCUT2D eigenvalue weighted by Gasteiger charge is -2.25. The highest BCUT2D eigenvalue weighted by Crippen LogP contribution is 2.31. The van der Waals surface area contributed by atoms with Crippen LogP contribution in [0.3, 0.4) is 0 Å². The molecule has 2 fully saturated rings. The molecule has 1 aliphatic heterocycles. The molecule has 1 heterocycles. The molecule has 0 radical (unpaired) electrons. The van der Waals surface area contributed by atoms with E-state index in [1.807, 2.05) is 6.92 Å². The molecule has 0 unspecified atom stereocenters. The number of hydrogen-bond donors (Lipinski definition) is 2. The van der Waals surface area contributed by atoms with Crippen LogP contribution in [0.5, 0.6) is 5.75 Å². The van der Waals surface area contributed by atoms with Gasteiger partial charge in [0.1, 0.15) is 0 Å². The maximum absolute atomic E-state index is 14.0. The molecular weight excluding hydrogens is 437 g/mol. The van der Waals surface area contributed by atoms with Gasteiger partial charge < -0.3 is 9.64 Å². The van der Waals surface area contributed by atoms with E-state index in [4.69, 9.17) is 4.74 Å². The Morgan fingerprint density at radius 2 is 2.09 bits per heavy atom. The molecule has 0 aromatic heterocycles. The maximum Gasteiger partial charge on any atom is 0.324 e. The van der Waals surface area contributed by atoms with Crippen LogP contribution in [0.15, 0.2) is 30.4 Å². The van der Waals surface area contributed by atoms with Gasteiger partial charge in [0.15, 0.2) is 11.6 Å². The summed E-state index contributed by atoms with van der Waals surface area (Å²) in [6, 6.07) is 3.53. The Bertz CT molecular complexity index is 962. The van der Waals surface area contributed by atoms with E-state index in [-0.39, 0.29) is 30.3 Å². The smallest absolute Gasteiger partial charge is 0.324 e. The summed E-state index contributed by atoms with van der Waals surface area (Å²) in [6.07, 6.45) is 6.64. The molecule has 8 nitrogen and oxygen atoms in total. The first-order chi connectivity index (χ1) is 15.3. The van der Waals surface area contributed by atoms with Crippen molar-refractivity contribution in [2.75, 3.05) is 25.4 Å². The Morgan fingerprint density at radius 3 is 2.78 bits per heavy atom. The summed E-state index contributed by atoms with van der Waals surface area (Å²) < 4.78 is 47.4.